The molecule has 182 valence electrons. The Labute approximate surface area is 200 Å². The molecule has 1 fully saturated rings. The molecule has 3 rings (SSSR count). The minimum absolute atomic E-state index is 0.0137. The van der Waals surface area contributed by atoms with Gasteiger partial charge in [0.2, 0.25) is 0 Å². The van der Waals surface area contributed by atoms with Crippen molar-refractivity contribution in [2.24, 2.45) is 7.05 Å². The molecule has 33 heavy (non-hydrogen) atoms. The Balaban J connectivity index is 1.86. The van der Waals surface area contributed by atoms with E-state index in [1.165, 1.54) is 28.1 Å². The molecule has 0 bridgehead atoms. The van der Waals surface area contributed by atoms with Crippen LogP contribution in [0.2, 0.25) is 0 Å². The van der Waals surface area contributed by atoms with Gasteiger partial charge in [0.1, 0.15) is 11.4 Å². The zero-order valence-electron chi connectivity index (χ0n) is 20.3. The Bertz CT molecular complexity index is 1140. The van der Waals surface area contributed by atoms with Gasteiger partial charge in [-0.15, -0.1) is 11.8 Å². The average molecular weight is 495 g/mol. The van der Waals surface area contributed by atoms with Crippen LogP contribution in [-0.2, 0) is 27.9 Å². The zero-order chi connectivity index (χ0) is 24.9. The van der Waals surface area contributed by atoms with Crippen molar-refractivity contribution in [1.29, 1.82) is 0 Å². The summed E-state index contributed by atoms with van der Waals surface area (Å²) in [6, 6.07) is 6.70. The number of aromatic nitrogens is 1. The maximum Gasteiger partial charge on any atom is 0.352 e. The first-order valence-corrected chi connectivity index (χ1v) is 13.3. The Kier molecular flexibility index (Phi) is 6.74. The molecule has 2 aromatic rings. The highest BCUT2D eigenvalue weighted by Gasteiger charge is 2.36. The minimum atomic E-state index is -3.80. The van der Waals surface area contributed by atoms with Crippen LogP contribution in [0.4, 0.5) is 0 Å². The van der Waals surface area contributed by atoms with Crippen molar-refractivity contribution in [2.45, 2.75) is 74.0 Å². The summed E-state index contributed by atoms with van der Waals surface area (Å²) < 4.78 is 29.0. The topological polar surface area (TPSA) is 99.8 Å². The summed E-state index contributed by atoms with van der Waals surface area (Å²) in [5, 5.41) is 20.2. The summed E-state index contributed by atoms with van der Waals surface area (Å²) in [6.45, 7) is 13.1. The molecule has 1 saturated heterocycles. The number of aromatic hydroxyl groups is 1. The van der Waals surface area contributed by atoms with E-state index in [1.54, 1.807) is 11.8 Å². The smallest absolute Gasteiger partial charge is 0.352 e. The Hall–Kier alpha value is -1.97. The number of benzene rings is 1. The second-order valence-corrected chi connectivity index (χ2v) is 13.9. The van der Waals surface area contributed by atoms with Crippen molar-refractivity contribution in [3.8, 4) is 5.75 Å². The van der Waals surface area contributed by atoms with Gasteiger partial charge in [-0.25, -0.2) is 13.2 Å². The lowest BCUT2D eigenvalue weighted by Gasteiger charge is -2.28. The number of aromatic carboxylic acids is 1. The van der Waals surface area contributed by atoms with Crippen LogP contribution in [0.3, 0.4) is 0 Å². The third-order valence-electron chi connectivity index (χ3n) is 6.01. The molecule has 0 saturated carbocycles. The number of nitrogens with zero attached hydrogens (tertiary/aromatic N) is 2. The van der Waals surface area contributed by atoms with Gasteiger partial charge in [0.15, 0.2) is 5.03 Å². The fraction of sp³-hybridized carbons (Fsp3) is 0.542. The van der Waals surface area contributed by atoms with E-state index in [2.05, 4.69) is 41.5 Å². The van der Waals surface area contributed by atoms with Gasteiger partial charge in [0, 0.05) is 41.4 Å². The predicted octanol–water partition coefficient (Wildman–Crippen LogP) is 4.58. The normalized spacial score (nSPS) is 18.1. The molecule has 2 heterocycles. The molecule has 1 aliphatic heterocycles. The largest absolute Gasteiger partial charge is 0.507 e. The van der Waals surface area contributed by atoms with Crippen LogP contribution in [-0.4, -0.2) is 51.8 Å². The van der Waals surface area contributed by atoms with E-state index in [9.17, 15) is 23.4 Å². The van der Waals surface area contributed by atoms with E-state index in [0.717, 1.165) is 16.0 Å². The molecule has 7 nitrogen and oxygen atoms in total. The molecule has 1 aliphatic rings. The van der Waals surface area contributed by atoms with Crippen molar-refractivity contribution >= 4 is 27.8 Å². The first-order chi connectivity index (χ1) is 15.0. The summed E-state index contributed by atoms with van der Waals surface area (Å²) in [5.41, 5.74) is 1.22. The van der Waals surface area contributed by atoms with Gasteiger partial charge in [0.25, 0.3) is 10.0 Å². The first kappa shape index (κ1) is 25.6. The van der Waals surface area contributed by atoms with Crippen LogP contribution in [0.1, 0.15) is 69.6 Å². The third kappa shape index (κ3) is 5.10. The quantitative estimate of drug-likeness (QED) is 0.631. The van der Waals surface area contributed by atoms with Crippen molar-refractivity contribution in [3.05, 3.63) is 41.1 Å². The average Bonchev–Trinajstić information content (AvgIpc) is 3.28. The number of carboxylic acids is 1. The number of carbonyl (C=O) groups is 1. The van der Waals surface area contributed by atoms with Gasteiger partial charge in [0.05, 0.1) is 0 Å². The minimum Gasteiger partial charge on any atom is -0.507 e. The summed E-state index contributed by atoms with van der Waals surface area (Å²) in [4.78, 5) is 12.3. The highest BCUT2D eigenvalue weighted by Crippen LogP contribution is 2.43. The van der Waals surface area contributed by atoms with Gasteiger partial charge >= 0.3 is 5.97 Å². The molecule has 1 aromatic carbocycles. The van der Waals surface area contributed by atoms with E-state index >= 15 is 0 Å². The monoisotopic (exact) mass is 494 g/mol. The van der Waals surface area contributed by atoms with Crippen LogP contribution >= 0.6 is 11.8 Å². The molecular weight excluding hydrogens is 460 g/mol. The highest BCUT2D eigenvalue weighted by atomic mass is 32.2. The predicted molar refractivity (Wildman–Crippen MR) is 131 cm³/mol. The van der Waals surface area contributed by atoms with Gasteiger partial charge in [-0.05, 0) is 41.5 Å². The number of hydrogen-bond donors (Lipinski definition) is 2. The molecule has 0 unspecified atom stereocenters. The molecule has 1 aromatic heterocycles. The van der Waals surface area contributed by atoms with Crippen molar-refractivity contribution < 1.29 is 23.4 Å². The number of phenolic OH excluding ortho intramolecular Hbond substituents is 1. The number of rotatable bonds is 5. The third-order valence-corrected chi connectivity index (χ3v) is 9.18. The molecular formula is C24H34N2O5S2. The second kappa shape index (κ2) is 8.67. The number of thioether (sulfide) groups is 1. The summed E-state index contributed by atoms with van der Waals surface area (Å²) in [7, 11) is -2.34. The van der Waals surface area contributed by atoms with Gasteiger partial charge in [-0.1, -0.05) is 41.5 Å². The maximum absolute atomic E-state index is 13.2. The lowest BCUT2D eigenvalue weighted by molar-refractivity contribution is 0.0685. The Morgan fingerprint density at radius 3 is 2.06 bits per heavy atom. The fourth-order valence-corrected chi connectivity index (χ4v) is 7.12. The standard InChI is InChI=1S/C24H34N2O5S2/c1-23(2,3)17-12-16(13-18(21(17)27)24(4,5)6)32-15-10-11-26(14-15)33(30,31)20-9-8-19(22(28)29)25(20)7/h8-9,12-13,15,27H,10-11,14H2,1-7H3,(H,28,29)/t15-/m0/s1. The summed E-state index contributed by atoms with van der Waals surface area (Å²) in [6.07, 6.45) is 0.691. The molecule has 0 aliphatic carbocycles. The molecule has 1 atom stereocenters. The van der Waals surface area contributed by atoms with E-state index in [-0.39, 0.29) is 26.8 Å². The fourth-order valence-electron chi connectivity index (χ4n) is 4.12. The van der Waals surface area contributed by atoms with Gasteiger partial charge < -0.3 is 14.8 Å². The zero-order valence-corrected chi connectivity index (χ0v) is 22.0. The molecule has 2 N–H and O–H groups in total. The number of carboxylic acid groups (broad SMARTS) is 1. The van der Waals surface area contributed by atoms with E-state index in [4.69, 9.17) is 0 Å². The second-order valence-electron chi connectivity index (χ2n) is 10.7. The van der Waals surface area contributed by atoms with Crippen LogP contribution in [0.15, 0.2) is 34.2 Å². The van der Waals surface area contributed by atoms with Crippen LogP contribution < -0.4 is 0 Å². The number of sulfonamides is 1. The molecule has 9 heteroatoms. The van der Waals surface area contributed by atoms with Gasteiger partial charge in [-0.2, -0.15) is 4.31 Å². The molecule has 0 spiro atoms. The maximum atomic E-state index is 13.2. The lowest BCUT2D eigenvalue weighted by Crippen LogP contribution is -2.31. The van der Waals surface area contributed by atoms with E-state index < -0.39 is 16.0 Å². The van der Waals surface area contributed by atoms with Crippen molar-refractivity contribution in [2.75, 3.05) is 13.1 Å². The summed E-state index contributed by atoms with van der Waals surface area (Å²) >= 11 is 1.63. The van der Waals surface area contributed by atoms with Crippen molar-refractivity contribution in [3.63, 3.8) is 0 Å². The highest BCUT2D eigenvalue weighted by molar-refractivity contribution is 8.00. The van der Waals surface area contributed by atoms with Crippen molar-refractivity contribution in [1.82, 2.24) is 8.87 Å². The van der Waals surface area contributed by atoms with Gasteiger partial charge in [-0.3, -0.25) is 0 Å². The number of hydrogen-bond acceptors (Lipinski definition) is 5. The lowest BCUT2D eigenvalue weighted by atomic mass is 9.79. The Morgan fingerprint density at radius 2 is 1.61 bits per heavy atom. The van der Waals surface area contributed by atoms with Crippen LogP contribution in [0.25, 0.3) is 0 Å². The number of phenols is 1. The van der Waals surface area contributed by atoms with E-state index in [0.29, 0.717) is 25.3 Å². The molecule has 0 radical (unpaired) electrons. The SMILES string of the molecule is Cn1c(C(=O)O)ccc1S(=O)(=O)N1CC[C@H](Sc2cc(C(C)(C)C)c(O)c(C(C)(C)C)c2)C1. The summed E-state index contributed by atoms with van der Waals surface area (Å²) in [5.74, 6) is -0.835. The van der Waals surface area contributed by atoms with E-state index in [1.807, 2.05) is 12.1 Å². The first-order valence-electron chi connectivity index (χ1n) is 11.0. The Morgan fingerprint density at radius 1 is 1.06 bits per heavy atom. The van der Waals surface area contributed by atoms with Crippen LogP contribution in [0, 0.1) is 0 Å². The van der Waals surface area contributed by atoms with Crippen LogP contribution in [0.5, 0.6) is 5.75 Å². The molecule has 0 amide bonds.